The molecule has 1 heterocycles. The largest absolute Gasteiger partial charge is 0.497 e. The van der Waals surface area contributed by atoms with Crippen molar-refractivity contribution in [3.05, 3.63) is 82.1 Å². The number of carboxylic acids is 1. The molecule has 160 valence electrons. The highest BCUT2D eigenvalue weighted by Gasteiger charge is 2.24. The summed E-state index contributed by atoms with van der Waals surface area (Å²) < 4.78 is 26.4. The number of hydrogen-bond acceptors (Lipinski definition) is 3. The van der Waals surface area contributed by atoms with Crippen LogP contribution in [0.4, 0.5) is 4.39 Å². The van der Waals surface area contributed by atoms with E-state index >= 15 is 4.39 Å². The lowest BCUT2D eigenvalue weighted by atomic mass is 9.94. The number of aryl methyl sites for hydroxylation is 2. The summed E-state index contributed by atoms with van der Waals surface area (Å²) in [5, 5.41) is 9.42. The van der Waals surface area contributed by atoms with Crippen LogP contribution in [0.5, 0.6) is 11.5 Å². The van der Waals surface area contributed by atoms with Gasteiger partial charge in [-0.15, -0.1) is 0 Å². The maximum Gasteiger partial charge on any atom is 0.303 e. The molecule has 0 radical (unpaired) electrons. The lowest BCUT2D eigenvalue weighted by Crippen LogP contribution is -2.16. The Balaban J connectivity index is 1.57. The van der Waals surface area contributed by atoms with Crippen molar-refractivity contribution in [3.63, 3.8) is 0 Å². The zero-order valence-electron chi connectivity index (χ0n) is 17.0. The molecule has 4 rings (SSSR count). The van der Waals surface area contributed by atoms with Crippen molar-refractivity contribution in [1.29, 1.82) is 0 Å². The first-order chi connectivity index (χ1) is 14.9. The number of carbonyl (C=O) groups is 1. The van der Waals surface area contributed by atoms with Crippen LogP contribution in [0.2, 0.25) is 5.02 Å². The maximum atomic E-state index is 15.1. The molecule has 0 saturated carbocycles. The third-order valence-electron chi connectivity index (χ3n) is 5.54. The Kier molecular flexibility index (Phi) is 6.14. The Morgan fingerprint density at radius 3 is 2.77 bits per heavy atom. The SMILES string of the molecule is COc1ccc(Cl)c(-c2ccc(C3CCc4ccc(CCC(=O)O)cc4O3)c(F)c2)c1. The number of carboxylic acid groups (broad SMARTS) is 1. The molecule has 0 aliphatic carbocycles. The highest BCUT2D eigenvalue weighted by atomic mass is 35.5. The van der Waals surface area contributed by atoms with Gasteiger partial charge in [0.2, 0.25) is 0 Å². The third kappa shape index (κ3) is 4.67. The Hall–Kier alpha value is -3.05. The fourth-order valence-corrected chi connectivity index (χ4v) is 4.07. The normalized spacial score (nSPS) is 15.1. The number of halogens is 2. The van der Waals surface area contributed by atoms with Gasteiger partial charge in [0.05, 0.1) is 7.11 Å². The van der Waals surface area contributed by atoms with Crippen molar-refractivity contribution in [1.82, 2.24) is 0 Å². The second kappa shape index (κ2) is 8.98. The fraction of sp³-hybridized carbons (Fsp3) is 0.240. The van der Waals surface area contributed by atoms with Crippen LogP contribution in [0.15, 0.2) is 54.6 Å². The Bertz CT molecular complexity index is 1130. The van der Waals surface area contributed by atoms with E-state index in [1.807, 2.05) is 24.3 Å². The Morgan fingerprint density at radius 1 is 1.19 bits per heavy atom. The minimum Gasteiger partial charge on any atom is -0.497 e. The molecular formula is C25H22ClFO4. The van der Waals surface area contributed by atoms with Gasteiger partial charge in [-0.2, -0.15) is 0 Å². The molecular weight excluding hydrogens is 419 g/mol. The lowest BCUT2D eigenvalue weighted by molar-refractivity contribution is -0.136. The summed E-state index contributed by atoms with van der Waals surface area (Å²) in [5.74, 6) is 0.148. The molecule has 3 aromatic rings. The molecule has 0 amide bonds. The van der Waals surface area contributed by atoms with Gasteiger partial charge in [0.25, 0.3) is 0 Å². The molecule has 31 heavy (non-hydrogen) atoms. The van der Waals surface area contributed by atoms with E-state index in [9.17, 15) is 4.79 Å². The Labute approximate surface area is 185 Å². The summed E-state index contributed by atoms with van der Waals surface area (Å²) in [6.45, 7) is 0. The van der Waals surface area contributed by atoms with E-state index in [1.54, 1.807) is 31.4 Å². The van der Waals surface area contributed by atoms with Gasteiger partial charge in [0, 0.05) is 22.6 Å². The number of ether oxygens (including phenoxy) is 2. The zero-order chi connectivity index (χ0) is 22.0. The van der Waals surface area contributed by atoms with Crippen molar-refractivity contribution < 1.29 is 23.8 Å². The van der Waals surface area contributed by atoms with Crippen molar-refractivity contribution in [2.75, 3.05) is 7.11 Å². The van der Waals surface area contributed by atoms with Crippen molar-refractivity contribution in [2.24, 2.45) is 0 Å². The zero-order valence-corrected chi connectivity index (χ0v) is 17.8. The van der Waals surface area contributed by atoms with Crippen LogP contribution >= 0.6 is 11.6 Å². The van der Waals surface area contributed by atoms with Crippen LogP contribution < -0.4 is 9.47 Å². The molecule has 0 aromatic heterocycles. The number of rotatable bonds is 6. The van der Waals surface area contributed by atoms with Gasteiger partial charge in [-0.05, 0) is 66.3 Å². The van der Waals surface area contributed by atoms with E-state index in [0.717, 1.165) is 17.5 Å². The van der Waals surface area contributed by atoms with Crippen molar-refractivity contribution >= 4 is 17.6 Å². The van der Waals surface area contributed by atoms with Gasteiger partial charge >= 0.3 is 5.97 Å². The van der Waals surface area contributed by atoms with Crippen LogP contribution in [0.25, 0.3) is 11.1 Å². The summed E-state index contributed by atoms with van der Waals surface area (Å²) in [6.07, 6.45) is 1.52. The summed E-state index contributed by atoms with van der Waals surface area (Å²) in [4.78, 5) is 10.8. The Morgan fingerprint density at radius 2 is 2.03 bits per heavy atom. The third-order valence-corrected chi connectivity index (χ3v) is 5.87. The van der Waals surface area contributed by atoms with E-state index in [4.69, 9.17) is 26.2 Å². The predicted octanol–water partition coefficient (Wildman–Crippen LogP) is 6.24. The minimum atomic E-state index is -0.838. The van der Waals surface area contributed by atoms with Gasteiger partial charge in [0.1, 0.15) is 23.4 Å². The summed E-state index contributed by atoms with van der Waals surface area (Å²) in [5.41, 5.74) is 3.80. The van der Waals surface area contributed by atoms with Gasteiger partial charge in [-0.3, -0.25) is 4.79 Å². The van der Waals surface area contributed by atoms with Crippen LogP contribution in [0, 0.1) is 5.82 Å². The average Bonchev–Trinajstić information content (AvgIpc) is 2.77. The topological polar surface area (TPSA) is 55.8 Å². The number of methoxy groups -OCH3 is 1. The van der Waals surface area contributed by atoms with Gasteiger partial charge in [-0.1, -0.05) is 35.9 Å². The van der Waals surface area contributed by atoms with Crippen LogP contribution in [-0.2, 0) is 17.6 Å². The van der Waals surface area contributed by atoms with E-state index in [2.05, 4.69) is 0 Å². The molecule has 1 atom stereocenters. The number of benzene rings is 3. The van der Waals surface area contributed by atoms with E-state index in [0.29, 0.717) is 46.1 Å². The molecule has 0 spiro atoms. The first-order valence-corrected chi connectivity index (χ1v) is 10.5. The molecule has 1 N–H and O–H groups in total. The van der Waals surface area contributed by atoms with Crippen molar-refractivity contribution in [3.8, 4) is 22.6 Å². The molecule has 1 aliphatic rings. The van der Waals surface area contributed by atoms with Crippen LogP contribution in [0.3, 0.4) is 0 Å². The molecule has 3 aromatic carbocycles. The van der Waals surface area contributed by atoms with Crippen LogP contribution in [0.1, 0.15) is 35.6 Å². The molecule has 4 nitrogen and oxygen atoms in total. The summed E-state index contributed by atoms with van der Waals surface area (Å²) in [6, 6.07) is 16.1. The number of hydrogen-bond donors (Lipinski definition) is 1. The standard InChI is InChI=1S/C25H22ClFO4/c1-30-18-7-9-21(26)20(14-18)17-5-8-19(22(27)13-17)23-10-6-16-4-2-15(3-11-25(28)29)12-24(16)31-23/h2,4-5,7-9,12-14,23H,3,6,10-11H2,1H3,(H,28,29). The highest BCUT2D eigenvalue weighted by Crippen LogP contribution is 2.38. The smallest absolute Gasteiger partial charge is 0.303 e. The number of aliphatic carboxylic acids is 1. The minimum absolute atomic E-state index is 0.0607. The van der Waals surface area contributed by atoms with Gasteiger partial charge in [-0.25, -0.2) is 4.39 Å². The fourth-order valence-electron chi connectivity index (χ4n) is 3.85. The molecule has 1 aliphatic heterocycles. The second-order valence-electron chi connectivity index (χ2n) is 7.56. The molecule has 0 bridgehead atoms. The molecule has 1 unspecified atom stereocenters. The molecule has 0 saturated heterocycles. The summed E-state index contributed by atoms with van der Waals surface area (Å²) in [7, 11) is 1.57. The van der Waals surface area contributed by atoms with Crippen molar-refractivity contribution in [2.45, 2.75) is 31.8 Å². The molecule has 0 fully saturated rings. The van der Waals surface area contributed by atoms with E-state index in [-0.39, 0.29) is 12.2 Å². The monoisotopic (exact) mass is 440 g/mol. The maximum absolute atomic E-state index is 15.1. The summed E-state index contributed by atoms with van der Waals surface area (Å²) >= 11 is 6.31. The predicted molar refractivity (Wildman–Crippen MR) is 117 cm³/mol. The molecule has 6 heteroatoms. The first-order valence-electron chi connectivity index (χ1n) is 10.1. The van der Waals surface area contributed by atoms with Gasteiger partial charge < -0.3 is 14.6 Å². The number of fused-ring (bicyclic) bond motifs is 1. The van der Waals surface area contributed by atoms with E-state index in [1.165, 1.54) is 6.07 Å². The van der Waals surface area contributed by atoms with E-state index < -0.39 is 12.1 Å². The second-order valence-corrected chi connectivity index (χ2v) is 7.97. The lowest BCUT2D eigenvalue weighted by Gasteiger charge is -2.27. The quantitative estimate of drug-likeness (QED) is 0.493. The highest BCUT2D eigenvalue weighted by molar-refractivity contribution is 6.33. The first kappa shape index (κ1) is 21.2. The van der Waals surface area contributed by atoms with Crippen LogP contribution in [-0.4, -0.2) is 18.2 Å². The average molecular weight is 441 g/mol. The van der Waals surface area contributed by atoms with Gasteiger partial charge in [0.15, 0.2) is 0 Å².